The van der Waals surface area contributed by atoms with Crippen molar-refractivity contribution in [3.63, 3.8) is 0 Å². The molecular weight excluding hydrogens is 427 g/mol. The zero-order valence-electron chi connectivity index (χ0n) is 15.7. The van der Waals surface area contributed by atoms with Gasteiger partial charge >= 0.3 is 0 Å². The van der Waals surface area contributed by atoms with Crippen LogP contribution in [-0.4, -0.2) is 40.1 Å². The van der Waals surface area contributed by atoms with Crippen LogP contribution in [0.2, 0.25) is 0 Å². The number of hydrogen-bond donors (Lipinski definition) is 0. The SMILES string of the molecule is COc1ccc(N2C(=O)CC(N3C(=O)/C(=C/c4ccc(F)cc4)SC3=S)C2=O)cc1. The third kappa shape index (κ3) is 3.61. The Bertz CT molecular complexity index is 1080. The summed E-state index contributed by atoms with van der Waals surface area (Å²) in [4.78, 5) is 41.1. The molecule has 1 unspecified atom stereocenters. The van der Waals surface area contributed by atoms with Crippen LogP contribution in [0.5, 0.6) is 5.75 Å². The van der Waals surface area contributed by atoms with Crippen molar-refractivity contribution in [2.24, 2.45) is 0 Å². The molecule has 0 saturated carbocycles. The molecule has 30 heavy (non-hydrogen) atoms. The van der Waals surface area contributed by atoms with E-state index in [2.05, 4.69) is 0 Å². The van der Waals surface area contributed by atoms with Crippen molar-refractivity contribution in [3.8, 4) is 5.75 Å². The summed E-state index contributed by atoms with van der Waals surface area (Å²) >= 11 is 6.37. The highest BCUT2D eigenvalue weighted by Gasteiger charge is 2.48. The average molecular weight is 442 g/mol. The maximum absolute atomic E-state index is 13.1. The summed E-state index contributed by atoms with van der Waals surface area (Å²) in [5.41, 5.74) is 1.03. The lowest BCUT2D eigenvalue weighted by Crippen LogP contribution is -2.44. The number of nitrogens with zero attached hydrogens (tertiary/aromatic N) is 2. The van der Waals surface area contributed by atoms with Gasteiger partial charge in [-0.15, -0.1) is 0 Å². The first-order valence-electron chi connectivity index (χ1n) is 8.92. The zero-order chi connectivity index (χ0) is 21.4. The molecule has 0 bridgehead atoms. The van der Waals surface area contributed by atoms with Gasteiger partial charge in [0.2, 0.25) is 5.91 Å². The van der Waals surface area contributed by atoms with Gasteiger partial charge in [-0.2, -0.15) is 0 Å². The molecule has 4 rings (SSSR count). The highest BCUT2D eigenvalue weighted by Crippen LogP contribution is 2.37. The maximum Gasteiger partial charge on any atom is 0.266 e. The van der Waals surface area contributed by atoms with E-state index in [1.165, 1.54) is 36.3 Å². The van der Waals surface area contributed by atoms with Crippen LogP contribution in [0.1, 0.15) is 12.0 Å². The van der Waals surface area contributed by atoms with E-state index < -0.39 is 23.8 Å². The predicted molar refractivity (Wildman–Crippen MR) is 115 cm³/mol. The monoisotopic (exact) mass is 442 g/mol. The van der Waals surface area contributed by atoms with Crippen molar-refractivity contribution in [2.45, 2.75) is 12.5 Å². The molecule has 2 fully saturated rings. The zero-order valence-corrected chi connectivity index (χ0v) is 17.3. The lowest BCUT2D eigenvalue weighted by atomic mass is 10.2. The highest BCUT2D eigenvalue weighted by atomic mass is 32.2. The third-order valence-electron chi connectivity index (χ3n) is 4.76. The molecule has 0 N–H and O–H groups in total. The molecule has 2 heterocycles. The standard InChI is InChI=1S/C21H15FN2O4S2/c1-28-15-8-6-14(7-9-15)23-18(25)11-16(19(23)26)24-20(27)17(30-21(24)29)10-12-2-4-13(22)5-3-12/h2-10,16H,11H2,1H3/b17-10-. The average Bonchev–Trinajstić information content (AvgIpc) is 3.17. The smallest absolute Gasteiger partial charge is 0.266 e. The number of thioether (sulfide) groups is 1. The Kier molecular flexibility index (Phi) is 5.40. The molecule has 2 aliphatic heterocycles. The number of imide groups is 1. The number of rotatable bonds is 4. The van der Waals surface area contributed by atoms with Gasteiger partial charge in [0.1, 0.15) is 21.9 Å². The number of ether oxygens (including phenoxy) is 1. The van der Waals surface area contributed by atoms with Crippen LogP contribution in [0, 0.1) is 5.82 Å². The second-order valence-corrected chi connectivity index (χ2v) is 8.26. The Morgan fingerprint density at radius 1 is 1.10 bits per heavy atom. The van der Waals surface area contributed by atoms with E-state index in [9.17, 15) is 18.8 Å². The molecule has 3 amide bonds. The summed E-state index contributed by atoms with van der Waals surface area (Å²) in [6.45, 7) is 0. The molecule has 152 valence electrons. The number of hydrogen-bond acceptors (Lipinski definition) is 6. The molecule has 2 aromatic carbocycles. The molecule has 2 saturated heterocycles. The summed E-state index contributed by atoms with van der Waals surface area (Å²) in [6.07, 6.45) is 1.43. The maximum atomic E-state index is 13.1. The Balaban J connectivity index is 1.58. The van der Waals surface area contributed by atoms with Gasteiger partial charge in [0.05, 0.1) is 24.1 Å². The minimum atomic E-state index is -0.994. The van der Waals surface area contributed by atoms with Gasteiger partial charge in [-0.05, 0) is 48.0 Å². The predicted octanol–water partition coefficient (Wildman–Crippen LogP) is 3.37. The summed E-state index contributed by atoms with van der Waals surface area (Å²) in [7, 11) is 1.52. The first-order valence-corrected chi connectivity index (χ1v) is 10.1. The van der Waals surface area contributed by atoms with Crippen LogP contribution in [0.3, 0.4) is 0 Å². The fourth-order valence-electron chi connectivity index (χ4n) is 3.28. The van der Waals surface area contributed by atoms with Crippen LogP contribution >= 0.6 is 24.0 Å². The topological polar surface area (TPSA) is 66.9 Å². The Morgan fingerprint density at radius 3 is 2.40 bits per heavy atom. The van der Waals surface area contributed by atoms with Crippen molar-refractivity contribution in [1.29, 1.82) is 0 Å². The van der Waals surface area contributed by atoms with Gasteiger partial charge in [0.25, 0.3) is 11.8 Å². The van der Waals surface area contributed by atoms with E-state index in [0.717, 1.165) is 16.7 Å². The molecular formula is C21H15FN2O4S2. The molecule has 0 radical (unpaired) electrons. The number of carbonyl (C=O) groups is 3. The number of halogens is 1. The van der Waals surface area contributed by atoms with Crippen molar-refractivity contribution in [2.75, 3.05) is 12.0 Å². The minimum Gasteiger partial charge on any atom is -0.497 e. The molecule has 1 atom stereocenters. The second kappa shape index (κ2) is 8.00. The Hall–Kier alpha value is -3.04. The summed E-state index contributed by atoms with van der Waals surface area (Å²) in [6, 6.07) is 11.2. The number of carbonyl (C=O) groups excluding carboxylic acids is 3. The number of benzene rings is 2. The van der Waals surface area contributed by atoms with Gasteiger partial charge in [0.15, 0.2) is 0 Å². The number of anilines is 1. The molecule has 2 aliphatic rings. The fraction of sp³-hybridized carbons (Fsp3) is 0.143. The lowest BCUT2D eigenvalue weighted by Gasteiger charge is -2.21. The first-order chi connectivity index (χ1) is 14.4. The van der Waals surface area contributed by atoms with Crippen molar-refractivity contribution in [1.82, 2.24) is 4.90 Å². The third-order valence-corrected chi connectivity index (χ3v) is 6.09. The summed E-state index contributed by atoms with van der Waals surface area (Å²) in [5.74, 6) is -1.15. The van der Waals surface area contributed by atoms with Crippen LogP contribution in [-0.2, 0) is 14.4 Å². The molecule has 6 nitrogen and oxygen atoms in total. The number of thiocarbonyl (C=S) groups is 1. The van der Waals surface area contributed by atoms with Crippen LogP contribution in [0.25, 0.3) is 6.08 Å². The number of methoxy groups -OCH3 is 1. The molecule has 0 aromatic heterocycles. The summed E-state index contributed by atoms with van der Waals surface area (Å²) in [5, 5.41) is 0. The molecule has 0 aliphatic carbocycles. The van der Waals surface area contributed by atoms with E-state index in [1.54, 1.807) is 30.3 Å². The van der Waals surface area contributed by atoms with E-state index in [-0.39, 0.29) is 16.6 Å². The van der Waals surface area contributed by atoms with Gasteiger partial charge in [-0.1, -0.05) is 36.1 Å². The second-order valence-electron chi connectivity index (χ2n) is 6.59. The van der Waals surface area contributed by atoms with Crippen LogP contribution in [0.4, 0.5) is 10.1 Å². The molecule has 2 aromatic rings. The highest BCUT2D eigenvalue weighted by molar-refractivity contribution is 8.26. The van der Waals surface area contributed by atoms with Crippen molar-refractivity contribution < 1.29 is 23.5 Å². The van der Waals surface area contributed by atoms with Crippen LogP contribution < -0.4 is 9.64 Å². The summed E-state index contributed by atoms with van der Waals surface area (Å²) < 4.78 is 18.4. The number of amides is 3. The van der Waals surface area contributed by atoms with E-state index in [4.69, 9.17) is 17.0 Å². The molecule has 9 heteroatoms. The normalized spacial score (nSPS) is 20.6. The van der Waals surface area contributed by atoms with Gasteiger partial charge in [-0.3, -0.25) is 19.3 Å². The van der Waals surface area contributed by atoms with Crippen molar-refractivity contribution >= 4 is 57.8 Å². The first kappa shape index (κ1) is 20.2. The van der Waals surface area contributed by atoms with E-state index in [1.807, 2.05) is 0 Å². The largest absolute Gasteiger partial charge is 0.497 e. The van der Waals surface area contributed by atoms with Crippen molar-refractivity contribution in [3.05, 3.63) is 64.8 Å². The van der Waals surface area contributed by atoms with Gasteiger partial charge < -0.3 is 4.74 Å². The quantitative estimate of drug-likeness (QED) is 0.411. The van der Waals surface area contributed by atoms with E-state index in [0.29, 0.717) is 21.9 Å². The Labute approximate surface area is 181 Å². The minimum absolute atomic E-state index is 0.152. The van der Waals surface area contributed by atoms with E-state index >= 15 is 0 Å². The Morgan fingerprint density at radius 2 is 1.77 bits per heavy atom. The van der Waals surface area contributed by atoms with Crippen LogP contribution in [0.15, 0.2) is 53.4 Å². The lowest BCUT2D eigenvalue weighted by molar-refractivity contribution is -0.129. The van der Waals surface area contributed by atoms with Gasteiger partial charge in [-0.25, -0.2) is 9.29 Å². The van der Waals surface area contributed by atoms with Gasteiger partial charge in [0, 0.05) is 0 Å². The fourth-order valence-corrected chi connectivity index (χ4v) is 4.64. The molecule has 0 spiro atoms.